The van der Waals surface area contributed by atoms with Gasteiger partial charge in [0.1, 0.15) is 5.75 Å². The van der Waals surface area contributed by atoms with Crippen molar-refractivity contribution in [3.05, 3.63) is 65.2 Å². The zero-order valence-corrected chi connectivity index (χ0v) is 14.9. The lowest BCUT2D eigenvalue weighted by molar-refractivity contribution is 0.0494. The number of carbonyl (C=O) groups is 3. The highest BCUT2D eigenvalue weighted by Crippen LogP contribution is 2.18. The Bertz CT molecular complexity index is 779. The molecule has 2 aromatic rings. The van der Waals surface area contributed by atoms with E-state index in [9.17, 15) is 14.4 Å². The minimum absolute atomic E-state index is 0.175. The molecular formula is C21H22O5. The van der Waals surface area contributed by atoms with Crippen LogP contribution >= 0.6 is 0 Å². The first-order chi connectivity index (χ1) is 12.5. The number of aldehydes is 1. The number of hydrogen-bond acceptors (Lipinski definition) is 5. The summed E-state index contributed by atoms with van der Waals surface area (Å²) < 4.78 is 10.5. The normalized spacial score (nSPS) is 10.4. The summed E-state index contributed by atoms with van der Waals surface area (Å²) in [6.45, 7) is 4.57. The first kappa shape index (κ1) is 19.4. The largest absolute Gasteiger partial charge is 0.462 e. The van der Waals surface area contributed by atoms with Gasteiger partial charge in [-0.25, -0.2) is 9.59 Å². The van der Waals surface area contributed by atoms with E-state index >= 15 is 0 Å². The van der Waals surface area contributed by atoms with Crippen molar-refractivity contribution in [3.8, 4) is 5.75 Å². The van der Waals surface area contributed by atoms with E-state index in [1.165, 1.54) is 12.1 Å². The Balaban J connectivity index is 2.02. The highest BCUT2D eigenvalue weighted by molar-refractivity contribution is 5.96. The third kappa shape index (κ3) is 5.55. The summed E-state index contributed by atoms with van der Waals surface area (Å²) in [5.41, 5.74) is 0.775. The van der Waals surface area contributed by atoms with E-state index in [0.717, 1.165) is 12.8 Å². The van der Waals surface area contributed by atoms with Crippen LogP contribution in [0.3, 0.4) is 0 Å². The zero-order valence-electron chi connectivity index (χ0n) is 14.9. The van der Waals surface area contributed by atoms with Crippen molar-refractivity contribution in [2.45, 2.75) is 26.7 Å². The van der Waals surface area contributed by atoms with E-state index in [1.54, 1.807) is 36.4 Å². The number of ether oxygens (including phenoxy) is 2. The summed E-state index contributed by atoms with van der Waals surface area (Å²) >= 11 is 0. The SMILES string of the molecule is CC(C)CCCOC(=O)c1cccc(C(=O)Oc2ccccc2C=O)c1. The second-order valence-corrected chi connectivity index (χ2v) is 6.30. The standard InChI is InChI=1S/C21H22O5/c1-15(2)7-6-12-25-20(23)16-9-5-10-17(13-16)21(24)26-19-11-4-3-8-18(19)14-22/h3-5,8-11,13-15H,6-7,12H2,1-2H3. The fourth-order valence-corrected chi connectivity index (χ4v) is 2.34. The molecule has 0 atom stereocenters. The summed E-state index contributed by atoms with van der Waals surface area (Å²) in [4.78, 5) is 35.4. The molecule has 0 saturated heterocycles. The van der Waals surface area contributed by atoms with Gasteiger partial charge in [0.05, 0.1) is 23.3 Å². The molecule has 0 N–H and O–H groups in total. The first-order valence-electron chi connectivity index (χ1n) is 8.55. The van der Waals surface area contributed by atoms with E-state index in [2.05, 4.69) is 13.8 Å². The van der Waals surface area contributed by atoms with Crippen LogP contribution in [-0.4, -0.2) is 24.8 Å². The van der Waals surface area contributed by atoms with Gasteiger partial charge in [0.25, 0.3) is 0 Å². The van der Waals surface area contributed by atoms with E-state index in [1.807, 2.05) is 0 Å². The van der Waals surface area contributed by atoms with Gasteiger partial charge in [0, 0.05) is 0 Å². The molecule has 0 aromatic heterocycles. The van der Waals surface area contributed by atoms with Crippen LogP contribution in [0.1, 0.15) is 57.8 Å². The van der Waals surface area contributed by atoms with Crippen LogP contribution in [0.4, 0.5) is 0 Å². The molecule has 0 fully saturated rings. The Morgan fingerprint density at radius 1 is 1.00 bits per heavy atom. The van der Waals surface area contributed by atoms with Crippen LogP contribution in [0.15, 0.2) is 48.5 Å². The minimum Gasteiger partial charge on any atom is -0.462 e. The molecule has 2 rings (SSSR count). The molecular weight excluding hydrogens is 332 g/mol. The summed E-state index contributed by atoms with van der Waals surface area (Å²) in [6, 6.07) is 12.6. The molecule has 5 nitrogen and oxygen atoms in total. The van der Waals surface area contributed by atoms with Gasteiger partial charge < -0.3 is 9.47 Å². The van der Waals surface area contributed by atoms with Gasteiger partial charge in [-0.3, -0.25) is 4.79 Å². The smallest absolute Gasteiger partial charge is 0.343 e. The number of para-hydroxylation sites is 1. The van der Waals surface area contributed by atoms with Gasteiger partial charge in [0.15, 0.2) is 6.29 Å². The summed E-state index contributed by atoms with van der Waals surface area (Å²) in [7, 11) is 0. The molecule has 0 bridgehead atoms. The average Bonchev–Trinajstić information content (AvgIpc) is 2.65. The summed E-state index contributed by atoms with van der Waals surface area (Å²) in [5.74, 6) is -0.388. The lowest BCUT2D eigenvalue weighted by atomic mass is 10.1. The Hall–Kier alpha value is -2.95. The number of benzene rings is 2. The minimum atomic E-state index is -0.645. The lowest BCUT2D eigenvalue weighted by Gasteiger charge is -2.09. The highest BCUT2D eigenvalue weighted by Gasteiger charge is 2.14. The third-order valence-corrected chi connectivity index (χ3v) is 3.74. The van der Waals surface area contributed by atoms with Gasteiger partial charge in [-0.05, 0) is 49.1 Å². The molecule has 5 heteroatoms. The van der Waals surface area contributed by atoms with E-state index in [4.69, 9.17) is 9.47 Å². The van der Waals surface area contributed by atoms with Crippen molar-refractivity contribution in [1.82, 2.24) is 0 Å². The molecule has 2 aromatic carbocycles. The molecule has 26 heavy (non-hydrogen) atoms. The van der Waals surface area contributed by atoms with Gasteiger partial charge in [-0.15, -0.1) is 0 Å². The molecule has 0 heterocycles. The zero-order chi connectivity index (χ0) is 18.9. The van der Waals surface area contributed by atoms with Crippen molar-refractivity contribution in [2.24, 2.45) is 5.92 Å². The molecule has 0 aliphatic rings. The maximum absolute atomic E-state index is 12.3. The van der Waals surface area contributed by atoms with Crippen LogP contribution in [0.2, 0.25) is 0 Å². The lowest BCUT2D eigenvalue weighted by Crippen LogP contribution is -2.12. The monoisotopic (exact) mass is 354 g/mol. The van der Waals surface area contributed by atoms with Gasteiger partial charge in [-0.2, -0.15) is 0 Å². The van der Waals surface area contributed by atoms with Crippen LogP contribution in [0.25, 0.3) is 0 Å². The molecule has 0 unspecified atom stereocenters. The van der Waals surface area contributed by atoms with Crippen LogP contribution < -0.4 is 4.74 Å². The van der Waals surface area contributed by atoms with Crippen molar-refractivity contribution in [3.63, 3.8) is 0 Å². The van der Waals surface area contributed by atoms with Crippen molar-refractivity contribution in [1.29, 1.82) is 0 Å². The van der Waals surface area contributed by atoms with E-state index < -0.39 is 11.9 Å². The molecule has 0 saturated carbocycles. The van der Waals surface area contributed by atoms with Crippen LogP contribution in [-0.2, 0) is 4.74 Å². The van der Waals surface area contributed by atoms with E-state index in [-0.39, 0.29) is 22.4 Å². The van der Waals surface area contributed by atoms with Gasteiger partial charge in [0.2, 0.25) is 0 Å². The molecule has 136 valence electrons. The number of carbonyl (C=O) groups excluding carboxylic acids is 3. The molecule has 0 aliphatic carbocycles. The molecule has 0 amide bonds. The molecule has 0 spiro atoms. The maximum atomic E-state index is 12.3. The number of hydrogen-bond donors (Lipinski definition) is 0. The third-order valence-electron chi connectivity index (χ3n) is 3.74. The second-order valence-electron chi connectivity index (χ2n) is 6.30. The Morgan fingerprint density at radius 2 is 1.69 bits per heavy atom. The number of esters is 2. The summed E-state index contributed by atoms with van der Waals surface area (Å²) in [6.07, 6.45) is 2.40. The Kier molecular flexibility index (Phi) is 7.09. The molecule has 0 aliphatic heterocycles. The first-order valence-corrected chi connectivity index (χ1v) is 8.55. The van der Waals surface area contributed by atoms with Gasteiger partial charge >= 0.3 is 11.9 Å². The van der Waals surface area contributed by atoms with Crippen LogP contribution in [0.5, 0.6) is 5.75 Å². The summed E-state index contributed by atoms with van der Waals surface area (Å²) in [5, 5.41) is 0. The topological polar surface area (TPSA) is 69.7 Å². The Labute approximate surface area is 152 Å². The predicted molar refractivity (Wildman–Crippen MR) is 97.6 cm³/mol. The fourth-order valence-electron chi connectivity index (χ4n) is 2.34. The maximum Gasteiger partial charge on any atom is 0.343 e. The molecule has 0 radical (unpaired) electrons. The van der Waals surface area contributed by atoms with Crippen molar-refractivity contribution >= 4 is 18.2 Å². The van der Waals surface area contributed by atoms with Crippen LogP contribution in [0, 0.1) is 5.92 Å². The quantitative estimate of drug-likeness (QED) is 0.306. The number of rotatable bonds is 8. The highest BCUT2D eigenvalue weighted by atomic mass is 16.5. The van der Waals surface area contributed by atoms with Crippen molar-refractivity contribution < 1.29 is 23.9 Å². The van der Waals surface area contributed by atoms with Gasteiger partial charge in [-0.1, -0.05) is 32.0 Å². The van der Waals surface area contributed by atoms with E-state index in [0.29, 0.717) is 18.8 Å². The second kappa shape index (κ2) is 9.51. The fraction of sp³-hybridized carbons (Fsp3) is 0.286. The predicted octanol–water partition coefficient (Wildman–Crippen LogP) is 4.31. The average molecular weight is 354 g/mol. The van der Waals surface area contributed by atoms with Crippen molar-refractivity contribution in [2.75, 3.05) is 6.61 Å². The Morgan fingerprint density at radius 3 is 2.38 bits per heavy atom.